The lowest BCUT2D eigenvalue weighted by molar-refractivity contribution is -0.124. The molecule has 2 unspecified atom stereocenters. The van der Waals surface area contributed by atoms with Crippen molar-refractivity contribution >= 4 is 13.0 Å². The Hall–Kier alpha value is -0.625. The standard InChI is InChI=1S/C10H20N2O.C2H7BO2.C2H7N/c1-12(2)7-8-5-3-4-6-9(8)10(11)13;1-2-3(4)5;1-2-3/h8-9H,3-7H2,1-2H3,(H2,11,13);4-5H,2H2,1H3;2-3H2,1H3. The van der Waals surface area contributed by atoms with Gasteiger partial charge in [-0.25, -0.2) is 0 Å². The van der Waals surface area contributed by atoms with Crippen LogP contribution in [-0.4, -0.2) is 55.2 Å². The molecule has 0 bridgehead atoms. The van der Waals surface area contributed by atoms with Crippen molar-refractivity contribution in [1.29, 1.82) is 0 Å². The Morgan fingerprint density at radius 3 is 2.00 bits per heavy atom. The topological polar surface area (TPSA) is 113 Å². The summed E-state index contributed by atoms with van der Waals surface area (Å²) in [6, 6.07) is 0. The maximum atomic E-state index is 11.1. The highest BCUT2D eigenvalue weighted by Crippen LogP contribution is 2.29. The van der Waals surface area contributed by atoms with Gasteiger partial charge >= 0.3 is 7.12 Å². The fourth-order valence-corrected chi connectivity index (χ4v) is 2.27. The van der Waals surface area contributed by atoms with Crippen LogP contribution in [0.25, 0.3) is 0 Å². The zero-order valence-electron chi connectivity index (χ0n) is 14.1. The Balaban J connectivity index is 0. The van der Waals surface area contributed by atoms with Crippen molar-refractivity contribution in [2.45, 2.75) is 45.9 Å². The molecule has 1 aliphatic rings. The summed E-state index contributed by atoms with van der Waals surface area (Å²) in [6.07, 6.45) is 4.99. The van der Waals surface area contributed by atoms with Crippen molar-refractivity contribution in [2.24, 2.45) is 23.3 Å². The van der Waals surface area contributed by atoms with E-state index in [1.54, 1.807) is 6.92 Å². The fourth-order valence-electron chi connectivity index (χ4n) is 2.27. The monoisotopic (exact) mass is 303 g/mol. The molecule has 1 aliphatic carbocycles. The third-order valence-electron chi connectivity index (χ3n) is 3.24. The number of amides is 1. The third kappa shape index (κ3) is 14.1. The summed E-state index contributed by atoms with van der Waals surface area (Å²) >= 11 is 0. The number of carbonyl (C=O) groups excluding carboxylic acids is 1. The smallest absolute Gasteiger partial charge is 0.427 e. The summed E-state index contributed by atoms with van der Waals surface area (Å²) in [5.41, 5.74) is 10.2. The summed E-state index contributed by atoms with van der Waals surface area (Å²) in [4.78, 5) is 13.3. The highest BCUT2D eigenvalue weighted by molar-refractivity contribution is 6.40. The number of primary amides is 1. The van der Waals surface area contributed by atoms with Crippen molar-refractivity contribution in [3.63, 3.8) is 0 Å². The van der Waals surface area contributed by atoms with E-state index in [1.165, 1.54) is 6.42 Å². The van der Waals surface area contributed by atoms with Gasteiger partial charge in [0.05, 0.1) is 0 Å². The van der Waals surface area contributed by atoms with Gasteiger partial charge in [0.25, 0.3) is 0 Å². The number of carbonyl (C=O) groups is 1. The van der Waals surface area contributed by atoms with E-state index in [4.69, 9.17) is 21.5 Å². The summed E-state index contributed by atoms with van der Waals surface area (Å²) in [6.45, 7) is 5.35. The minimum Gasteiger partial charge on any atom is -0.427 e. The Bertz CT molecular complexity index is 254. The van der Waals surface area contributed by atoms with Crippen LogP contribution < -0.4 is 11.5 Å². The lowest BCUT2D eigenvalue weighted by Gasteiger charge is -2.31. The molecular weight excluding hydrogens is 269 g/mol. The van der Waals surface area contributed by atoms with E-state index in [9.17, 15) is 4.79 Å². The van der Waals surface area contributed by atoms with E-state index in [2.05, 4.69) is 4.90 Å². The fraction of sp³-hybridized carbons (Fsp3) is 0.929. The van der Waals surface area contributed by atoms with E-state index in [0.717, 1.165) is 32.4 Å². The molecule has 2 atom stereocenters. The minimum atomic E-state index is -1.12. The molecule has 7 heteroatoms. The van der Waals surface area contributed by atoms with Crippen LogP contribution in [0.1, 0.15) is 39.5 Å². The highest BCUT2D eigenvalue weighted by Gasteiger charge is 2.29. The molecule has 6 N–H and O–H groups in total. The zero-order chi connectivity index (χ0) is 16.8. The van der Waals surface area contributed by atoms with Crippen molar-refractivity contribution in [1.82, 2.24) is 4.90 Å². The van der Waals surface area contributed by atoms with Gasteiger partial charge in [0.15, 0.2) is 0 Å². The molecule has 0 aliphatic heterocycles. The number of nitrogens with two attached hydrogens (primary N) is 2. The molecule has 0 radical (unpaired) electrons. The molecule has 0 aromatic carbocycles. The molecule has 1 fully saturated rings. The molecule has 0 aromatic heterocycles. The number of hydrogen-bond acceptors (Lipinski definition) is 5. The van der Waals surface area contributed by atoms with Crippen molar-refractivity contribution in [3.05, 3.63) is 0 Å². The second kappa shape index (κ2) is 14.3. The van der Waals surface area contributed by atoms with E-state index >= 15 is 0 Å². The third-order valence-corrected chi connectivity index (χ3v) is 3.24. The van der Waals surface area contributed by atoms with Crippen LogP contribution in [0.5, 0.6) is 0 Å². The average Bonchev–Trinajstić information content (AvgIpc) is 2.40. The first-order valence-electron chi connectivity index (χ1n) is 7.80. The quantitative estimate of drug-likeness (QED) is 0.557. The van der Waals surface area contributed by atoms with Gasteiger partial charge in [-0.15, -0.1) is 0 Å². The summed E-state index contributed by atoms with van der Waals surface area (Å²) in [7, 11) is 2.98. The molecule has 6 nitrogen and oxygen atoms in total. The molecular formula is C14H34BN3O3. The van der Waals surface area contributed by atoms with Crippen LogP contribution in [0.2, 0.25) is 6.32 Å². The summed E-state index contributed by atoms with van der Waals surface area (Å²) < 4.78 is 0. The minimum absolute atomic E-state index is 0.105. The Kier molecular flexibility index (Phi) is 15.4. The van der Waals surface area contributed by atoms with Crippen LogP contribution in [0.4, 0.5) is 0 Å². The maximum Gasteiger partial charge on any atom is 0.451 e. The van der Waals surface area contributed by atoms with Crippen LogP contribution in [-0.2, 0) is 4.79 Å². The van der Waals surface area contributed by atoms with Gasteiger partial charge in [0, 0.05) is 12.5 Å². The first-order valence-corrected chi connectivity index (χ1v) is 7.80. The molecule has 0 heterocycles. The van der Waals surface area contributed by atoms with E-state index < -0.39 is 7.12 Å². The highest BCUT2D eigenvalue weighted by atomic mass is 16.4. The van der Waals surface area contributed by atoms with Gasteiger partial charge in [0.1, 0.15) is 0 Å². The predicted molar refractivity (Wildman–Crippen MR) is 88.6 cm³/mol. The van der Waals surface area contributed by atoms with Gasteiger partial charge in [-0.3, -0.25) is 4.79 Å². The van der Waals surface area contributed by atoms with Crippen molar-refractivity contribution < 1.29 is 14.8 Å². The Labute approximate surface area is 130 Å². The Morgan fingerprint density at radius 2 is 1.67 bits per heavy atom. The van der Waals surface area contributed by atoms with Gasteiger partial charge in [-0.05, 0) is 45.7 Å². The molecule has 0 saturated heterocycles. The van der Waals surface area contributed by atoms with Crippen LogP contribution in [0, 0.1) is 11.8 Å². The molecule has 21 heavy (non-hydrogen) atoms. The van der Waals surface area contributed by atoms with Crippen LogP contribution in [0.15, 0.2) is 0 Å². The van der Waals surface area contributed by atoms with Crippen LogP contribution >= 0.6 is 0 Å². The first kappa shape index (κ1) is 22.7. The SMILES string of the molecule is CCB(O)O.CCN.CN(C)CC1CCCCC1C(N)=O. The summed E-state index contributed by atoms with van der Waals surface area (Å²) in [5, 5.41) is 15.8. The van der Waals surface area contributed by atoms with Gasteiger partial charge in [0.2, 0.25) is 5.91 Å². The molecule has 1 saturated carbocycles. The molecule has 0 aromatic rings. The average molecular weight is 303 g/mol. The van der Waals surface area contributed by atoms with Gasteiger partial charge < -0.3 is 26.4 Å². The first-order chi connectivity index (χ1) is 9.79. The molecule has 1 rings (SSSR count). The van der Waals surface area contributed by atoms with Gasteiger partial charge in [-0.1, -0.05) is 26.7 Å². The van der Waals surface area contributed by atoms with Crippen molar-refractivity contribution in [3.8, 4) is 0 Å². The van der Waals surface area contributed by atoms with E-state index in [0.29, 0.717) is 12.2 Å². The van der Waals surface area contributed by atoms with Crippen molar-refractivity contribution in [2.75, 3.05) is 27.2 Å². The number of rotatable bonds is 4. The van der Waals surface area contributed by atoms with E-state index in [1.807, 2.05) is 21.0 Å². The summed E-state index contributed by atoms with van der Waals surface area (Å²) in [5.74, 6) is 0.504. The lowest BCUT2D eigenvalue weighted by atomic mass is 9.78. The largest absolute Gasteiger partial charge is 0.451 e. The van der Waals surface area contributed by atoms with Gasteiger partial charge in [-0.2, -0.15) is 0 Å². The predicted octanol–water partition coefficient (Wildman–Crippen LogP) is 0.284. The van der Waals surface area contributed by atoms with E-state index in [-0.39, 0.29) is 11.8 Å². The zero-order valence-corrected chi connectivity index (χ0v) is 14.1. The maximum absolute atomic E-state index is 11.1. The number of hydrogen-bond donors (Lipinski definition) is 4. The normalized spacial score (nSPS) is 20.8. The molecule has 126 valence electrons. The second-order valence-corrected chi connectivity index (χ2v) is 5.61. The number of nitrogens with zero attached hydrogens (tertiary/aromatic N) is 1. The molecule has 1 amide bonds. The molecule has 0 spiro atoms. The lowest BCUT2D eigenvalue weighted by Crippen LogP contribution is -2.37. The second-order valence-electron chi connectivity index (χ2n) is 5.61. The Morgan fingerprint density at radius 1 is 1.24 bits per heavy atom. The van der Waals surface area contributed by atoms with Crippen LogP contribution in [0.3, 0.4) is 0 Å².